The van der Waals surface area contributed by atoms with Crippen LogP contribution >= 0.6 is 37.2 Å². The second-order valence-corrected chi connectivity index (χ2v) is 4.13. The van der Waals surface area contributed by atoms with Gasteiger partial charge in [-0.25, -0.2) is 5.01 Å². The molecule has 0 aromatic rings. The fourth-order valence-corrected chi connectivity index (χ4v) is 2.00. The van der Waals surface area contributed by atoms with Gasteiger partial charge in [-0.05, 0) is 0 Å². The lowest BCUT2D eigenvalue weighted by Crippen LogP contribution is -2.51. The highest BCUT2D eigenvalue weighted by Crippen LogP contribution is 2.31. The minimum absolute atomic E-state index is 0. The topological polar surface area (TPSA) is 44.7 Å². The van der Waals surface area contributed by atoms with Crippen molar-refractivity contribution in [2.24, 2.45) is 10.5 Å². The van der Waals surface area contributed by atoms with Crippen molar-refractivity contribution >= 4 is 48.9 Å². The van der Waals surface area contributed by atoms with Gasteiger partial charge < -0.3 is 5.32 Å². The number of amides is 1. The number of hydrogen-bond acceptors (Lipinski definition) is 3. The van der Waals surface area contributed by atoms with Gasteiger partial charge in [-0.15, -0.1) is 0 Å². The van der Waals surface area contributed by atoms with Gasteiger partial charge in [0.05, 0.1) is 0 Å². The normalized spacial score (nSPS) is 28.1. The van der Waals surface area contributed by atoms with Gasteiger partial charge in [-0.1, -0.05) is 14.4 Å². The van der Waals surface area contributed by atoms with E-state index in [4.69, 9.17) is 0 Å². The number of carbonyl (C=O) groups is 1. The highest BCUT2D eigenvalue weighted by Gasteiger charge is 2.39. The average molecular weight is 451 g/mol. The van der Waals surface area contributed by atoms with Crippen LogP contribution in [0.15, 0.2) is 5.10 Å². The van der Waals surface area contributed by atoms with Crippen LogP contribution in [0.3, 0.4) is 0 Å². The highest BCUT2D eigenvalue weighted by molar-refractivity contribution is 15.0. The van der Waals surface area contributed by atoms with Crippen molar-refractivity contribution in [1.82, 2.24) is 10.3 Å². The van der Waals surface area contributed by atoms with E-state index in [0.717, 1.165) is 19.5 Å². The number of rotatable bonds is 0. The summed E-state index contributed by atoms with van der Waals surface area (Å²) in [5.41, 5.74) is 1.15. The van der Waals surface area contributed by atoms with Gasteiger partial charge in [0, 0.05) is 81.3 Å². The maximum absolute atomic E-state index is 11.4. The zero-order valence-corrected chi connectivity index (χ0v) is 13.2. The Kier molecular flexibility index (Phi) is 7.34. The Bertz CT molecular complexity index is 283. The minimum atomic E-state index is -0.0259. The van der Waals surface area contributed by atoms with Crippen LogP contribution in [0.5, 0.6) is 0 Å². The number of fused-ring (bicyclic) bond motifs is 1. The van der Waals surface area contributed by atoms with Crippen LogP contribution in [0, 0.1) is 5.41 Å². The van der Waals surface area contributed by atoms with E-state index in [1.54, 1.807) is 7.05 Å². The van der Waals surface area contributed by atoms with E-state index in [1.807, 2.05) is 0 Å². The average Bonchev–Trinajstić information content (AvgIpc) is 2.23. The van der Waals surface area contributed by atoms with E-state index in [9.17, 15) is 4.79 Å². The van der Waals surface area contributed by atoms with Gasteiger partial charge in [0.15, 0.2) is 0 Å². The first-order valence-corrected chi connectivity index (χ1v) is 11.1. The van der Waals surface area contributed by atoms with Crippen molar-refractivity contribution in [2.75, 3.05) is 20.1 Å². The summed E-state index contributed by atoms with van der Waals surface area (Å²) in [6.45, 7) is 3.98. The van der Waals surface area contributed by atoms with E-state index in [0.29, 0.717) is 6.42 Å². The molecule has 2 rings (SSSR count). The fraction of sp³-hybridized carbons (Fsp3) is 0.800. The molecule has 16 heavy (non-hydrogen) atoms. The largest absolute Gasteiger partial charge is 0.315 e. The monoisotopic (exact) mass is 451 g/mol. The van der Waals surface area contributed by atoms with Gasteiger partial charge in [0.1, 0.15) is 0 Å². The minimum Gasteiger partial charge on any atom is -0.315 e. The van der Waals surface area contributed by atoms with Gasteiger partial charge in [-0.3, -0.25) is 4.79 Å². The van der Waals surface area contributed by atoms with E-state index >= 15 is 0 Å². The molecule has 1 saturated heterocycles. The molecule has 1 amide bonds. The number of nitrogens with one attached hydrogen (secondary N) is 1. The van der Waals surface area contributed by atoms with Crippen LogP contribution in [0.2, 0.25) is 0 Å². The molecule has 4 nitrogen and oxygen atoms in total. The standard InChI is InChI=1S/C9H15N3O.CH4.I2/c1-9-5-8(13)12(2)11-7(9)3-4-10-6-9;;1-2/h10H,3-6H2,1-2H3;1H4;. The molecule has 1 unspecified atom stereocenters. The van der Waals surface area contributed by atoms with Crippen LogP contribution < -0.4 is 5.32 Å². The van der Waals surface area contributed by atoms with E-state index in [2.05, 4.69) is 54.6 Å². The first-order valence-electron chi connectivity index (χ1n) is 4.81. The van der Waals surface area contributed by atoms with Crippen molar-refractivity contribution in [2.45, 2.75) is 27.2 Å². The lowest BCUT2D eigenvalue weighted by molar-refractivity contribution is -0.132. The van der Waals surface area contributed by atoms with Gasteiger partial charge >= 0.3 is 0 Å². The first kappa shape index (κ1) is 16.6. The van der Waals surface area contributed by atoms with Crippen LogP contribution in [0.1, 0.15) is 27.2 Å². The van der Waals surface area contributed by atoms with Crippen molar-refractivity contribution in [1.29, 1.82) is 0 Å². The molecule has 94 valence electrons. The molecule has 0 spiro atoms. The van der Waals surface area contributed by atoms with E-state index < -0.39 is 0 Å². The molecule has 6 heteroatoms. The molecule has 0 bridgehead atoms. The smallest absolute Gasteiger partial charge is 0.243 e. The van der Waals surface area contributed by atoms with Crippen LogP contribution in [0.4, 0.5) is 0 Å². The van der Waals surface area contributed by atoms with Crippen molar-refractivity contribution in [3.63, 3.8) is 0 Å². The summed E-state index contributed by atoms with van der Waals surface area (Å²) >= 11 is 4.24. The third kappa shape index (κ3) is 3.52. The summed E-state index contributed by atoms with van der Waals surface area (Å²) in [6, 6.07) is 0. The zero-order valence-electron chi connectivity index (χ0n) is 8.89. The molecule has 1 fully saturated rings. The lowest BCUT2D eigenvalue weighted by atomic mass is 9.77. The number of nitrogens with zero attached hydrogens (tertiary/aromatic N) is 2. The Morgan fingerprint density at radius 2 is 2.12 bits per heavy atom. The molecule has 0 radical (unpaired) electrons. The number of hydrogen-bond donors (Lipinski definition) is 1. The maximum Gasteiger partial charge on any atom is 0.243 e. The predicted octanol–water partition coefficient (Wildman–Crippen LogP) is 2.61. The summed E-state index contributed by atoms with van der Waals surface area (Å²) < 4.78 is 0. The molecule has 0 aromatic heterocycles. The molecule has 0 aliphatic carbocycles. The molecule has 2 aliphatic rings. The SMILES string of the molecule is C.CN1N=C2CCNCC2(C)CC1=O.II. The second kappa shape index (κ2) is 7.10. The summed E-state index contributed by atoms with van der Waals surface area (Å²) in [5.74, 6) is 0.120. The fourth-order valence-electron chi connectivity index (χ4n) is 2.00. The van der Waals surface area contributed by atoms with Crippen LogP contribution in [0.25, 0.3) is 0 Å². The summed E-state index contributed by atoms with van der Waals surface area (Å²) in [5, 5.41) is 9.10. The Hall–Kier alpha value is 0.560. The van der Waals surface area contributed by atoms with E-state index in [-0.39, 0.29) is 18.7 Å². The summed E-state index contributed by atoms with van der Waals surface area (Å²) in [7, 11) is 1.73. The molecule has 2 aliphatic heterocycles. The molecule has 2 heterocycles. The number of halogens is 2. The Labute approximate surface area is 121 Å². The number of piperidine rings is 1. The highest BCUT2D eigenvalue weighted by atomic mass is 128. The number of hydrazone groups is 1. The van der Waals surface area contributed by atoms with Gasteiger partial charge in [-0.2, -0.15) is 5.10 Å². The Balaban J connectivity index is 0.000000711. The van der Waals surface area contributed by atoms with Crippen molar-refractivity contribution < 1.29 is 4.79 Å². The lowest BCUT2D eigenvalue weighted by Gasteiger charge is -2.39. The molecule has 0 saturated carbocycles. The van der Waals surface area contributed by atoms with Crippen LogP contribution in [-0.2, 0) is 4.79 Å². The summed E-state index contributed by atoms with van der Waals surface area (Å²) in [4.78, 5) is 11.4. The second-order valence-electron chi connectivity index (χ2n) is 4.13. The van der Waals surface area contributed by atoms with Crippen molar-refractivity contribution in [3.8, 4) is 0 Å². The van der Waals surface area contributed by atoms with Gasteiger partial charge in [0.25, 0.3) is 0 Å². The van der Waals surface area contributed by atoms with Gasteiger partial charge in [0.2, 0.25) is 5.91 Å². The quantitative estimate of drug-likeness (QED) is 0.576. The summed E-state index contributed by atoms with van der Waals surface area (Å²) in [6.07, 6.45) is 1.56. The molecule has 1 N–H and O–H groups in total. The van der Waals surface area contributed by atoms with Crippen LogP contribution in [-0.4, -0.2) is 36.8 Å². The number of carbonyl (C=O) groups excluding carboxylic acids is 1. The van der Waals surface area contributed by atoms with E-state index in [1.165, 1.54) is 10.7 Å². The first-order chi connectivity index (χ1) is 7.12. The molecule has 0 aromatic carbocycles. The van der Waals surface area contributed by atoms with Crippen molar-refractivity contribution in [3.05, 3.63) is 0 Å². The predicted molar refractivity (Wildman–Crippen MR) is 85.2 cm³/mol. The molecular formula is C10H19I2N3O. The maximum atomic E-state index is 11.4. The molecule has 1 atom stereocenters. The Morgan fingerprint density at radius 1 is 1.50 bits per heavy atom. The third-order valence-corrected chi connectivity index (χ3v) is 2.92. The zero-order chi connectivity index (χ0) is 11.5. The Morgan fingerprint density at radius 3 is 2.75 bits per heavy atom. The third-order valence-electron chi connectivity index (χ3n) is 2.92. The molecular weight excluding hydrogens is 432 g/mol.